The van der Waals surface area contributed by atoms with Crippen LogP contribution in [0.15, 0.2) is 24.4 Å². The Bertz CT molecular complexity index is 526. The third-order valence-corrected chi connectivity index (χ3v) is 2.86. The highest BCUT2D eigenvalue weighted by molar-refractivity contribution is 6.30. The van der Waals surface area contributed by atoms with E-state index in [0.29, 0.717) is 28.3 Å². The third-order valence-electron chi connectivity index (χ3n) is 2.64. The van der Waals surface area contributed by atoms with Gasteiger partial charge in [0, 0.05) is 11.1 Å². The van der Waals surface area contributed by atoms with Crippen LogP contribution in [-0.4, -0.2) is 22.0 Å². The van der Waals surface area contributed by atoms with Crippen LogP contribution >= 0.6 is 11.6 Å². The zero-order valence-electron chi connectivity index (χ0n) is 9.60. The van der Waals surface area contributed by atoms with Crippen LogP contribution in [0.25, 0.3) is 0 Å². The first-order chi connectivity index (χ1) is 8.79. The SMILES string of the molecule is Clc1cc(OCC2CC2)cc(Oc2cn[nH]n2)c1. The molecule has 2 aromatic rings. The van der Waals surface area contributed by atoms with E-state index in [2.05, 4.69) is 15.4 Å². The van der Waals surface area contributed by atoms with Gasteiger partial charge in [0.05, 0.1) is 6.61 Å². The normalized spacial score (nSPS) is 14.5. The van der Waals surface area contributed by atoms with Gasteiger partial charge in [0.25, 0.3) is 5.88 Å². The predicted octanol–water partition coefficient (Wildman–Crippen LogP) is 3.04. The second-order valence-electron chi connectivity index (χ2n) is 4.29. The van der Waals surface area contributed by atoms with Crippen molar-refractivity contribution < 1.29 is 9.47 Å². The van der Waals surface area contributed by atoms with Gasteiger partial charge >= 0.3 is 0 Å². The predicted molar refractivity (Wildman–Crippen MR) is 66.1 cm³/mol. The van der Waals surface area contributed by atoms with E-state index in [-0.39, 0.29) is 0 Å². The van der Waals surface area contributed by atoms with Gasteiger partial charge in [-0.1, -0.05) is 11.6 Å². The average molecular weight is 266 g/mol. The maximum Gasteiger partial charge on any atom is 0.258 e. The zero-order valence-corrected chi connectivity index (χ0v) is 10.4. The summed E-state index contributed by atoms with van der Waals surface area (Å²) in [4.78, 5) is 0. The Morgan fingerprint density at radius 3 is 2.83 bits per heavy atom. The van der Waals surface area contributed by atoms with Crippen LogP contribution in [0.2, 0.25) is 5.02 Å². The van der Waals surface area contributed by atoms with Crippen molar-refractivity contribution in [3.63, 3.8) is 0 Å². The minimum atomic E-state index is 0.394. The molecule has 1 aliphatic carbocycles. The molecule has 5 nitrogen and oxygen atoms in total. The maximum absolute atomic E-state index is 6.02. The van der Waals surface area contributed by atoms with Crippen LogP contribution < -0.4 is 9.47 Å². The van der Waals surface area contributed by atoms with Gasteiger partial charge in [0.1, 0.15) is 17.7 Å². The molecule has 18 heavy (non-hydrogen) atoms. The average Bonchev–Trinajstić information content (AvgIpc) is 3.04. The lowest BCUT2D eigenvalue weighted by atomic mass is 10.3. The van der Waals surface area contributed by atoms with Crippen molar-refractivity contribution in [3.05, 3.63) is 29.4 Å². The molecule has 6 heteroatoms. The molecule has 0 radical (unpaired) electrons. The van der Waals surface area contributed by atoms with Crippen molar-refractivity contribution in [2.45, 2.75) is 12.8 Å². The van der Waals surface area contributed by atoms with Gasteiger partial charge in [-0.3, -0.25) is 0 Å². The Morgan fingerprint density at radius 1 is 1.28 bits per heavy atom. The van der Waals surface area contributed by atoms with Crippen molar-refractivity contribution >= 4 is 11.6 Å². The number of nitrogens with one attached hydrogen (secondary N) is 1. The first-order valence-corrected chi connectivity index (χ1v) is 6.14. The summed E-state index contributed by atoms with van der Waals surface area (Å²) >= 11 is 6.02. The van der Waals surface area contributed by atoms with E-state index in [1.807, 2.05) is 0 Å². The second-order valence-corrected chi connectivity index (χ2v) is 4.72. The van der Waals surface area contributed by atoms with Crippen molar-refractivity contribution in [1.82, 2.24) is 15.4 Å². The molecule has 1 fully saturated rings. The van der Waals surface area contributed by atoms with Crippen molar-refractivity contribution in [2.75, 3.05) is 6.61 Å². The number of aromatic nitrogens is 3. The minimum absolute atomic E-state index is 0.394. The van der Waals surface area contributed by atoms with Gasteiger partial charge in [0.2, 0.25) is 0 Å². The molecule has 1 N–H and O–H groups in total. The highest BCUT2D eigenvalue weighted by Crippen LogP contribution is 2.32. The number of aromatic amines is 1. The van der Waals surface area contributed by atoms with Crippen molar-refractivity contribution in [2.24, 2.45) is 5.92 Å². The Balaban J connectivity index is 1.72. The minimum Gasteiger partial charge on any atom is -0.493 e. The molecule has 1 aromatic carbocycles. The number of hydrogen-bond acceptors (Lipinski definition) is 4. The van der Waals surface area contributed by atoms with Crippen LogP contribution in [-0.2, 0) is 0 Å². The molecule has 1 aromatic heterocycles. The Labute approximate surface area is 109 Å². The summed E-state index contributed by atoms with van der Waals surface area (Å²) in [5.74, 6) is 2.39. The highest BCUT2D eigenvalue weighted by atomic mass is 35.5. The fraction of sp³-hybridized carbons (Fsp3) is 0.333. The highest BCUT2D eigenvalue weighted by Gasteiger charge is 2.22. The summed E-state index contributed by atoms with van der Waals surface area (Å²) in [6, 6.07) is 5.28. The van der Waals surface area contributed by atoms with Crippen molar-refractivity contribution in [1.29, 1.82) is 0 Å². The smallest absolute Gasteiger partial charge is 0.258 e. The third kappa shape index (κ3) is 2.92. The summed E-state index contributed by atoms with van der Waals surface area (Å²) in [6.07, 6.45) is 4.00. The molecular weight excluding hydrogens is 254 g/mol. The van der Waals surface area contributed by atoms with Crippen LogP contribution in [0.5, 0.6) is 17.4 Å². The quantitative estimate of drug-likeness (QED) is 0.903. The molecule has 1 heterocycles. The van der Waals surface area contributed by atoms with E-state index in [1.54, 1.807) is 18.2 Å². The molecule has 0 atom stereocenters. The molecule has 0 saturated heterocycles. The lowest BCUT2D eigenvalue weighted by molar-refractivity contribution is 0.298. The molecular formula is C12H12ClN3O2. The summed E-state index contributed by atoms with van der Waals surface area (Å²) in [5, 5.41) is 10.5. The molecule has 0 amide bonds. The Hall–Kier alpha value is -1.75. The summed E-state index contributed by atoms with van der Waals surface area (Å²) in [5.41, 5.74) is 0. The number of halogens is 1. The molecule has 0 spiro atoms. The number of benzene rings is 1. The van der Waals surface area contributed by atoms with Gasteiger partial charge in [-0.05, 0) is 30.9 Å². The van der Waals surface area contributed by atoms with E-state index >= 15 is 0 Å². The zero-order chi connectivity index (χ0) is 12.4. The second kappa shape index (κ2) is 4.86. The van der Waals surface area contributed by atoms with E-state index in [9.17, 15) is 0 Å². The van der Waals surface area contributed by atoms with Crippen molar-refractivity contribution in [3.8, 4) is 17.4 Å². The van der Waals surface area contributed by atoms with Crippen LogP contribution in [0.3, 0.4) is 0 Å². The number of H-pyrrole nitrogens is 1. The van der Waals surface area contributed by atoms with Crippen LogP contribution in [0.4, 0.5) is 0 Å². The van der Waals surface area contributed by atoms with Crippen LogP contribution in [0.1, 0.15) is 12.8 Å². The van der Waals surface area contributed by atoms with E-state index < -0.39 is 0 Å². The monoisotopic (exact) mass is 265 g/mol. The van der Waals surface area contributed by atoms with E-state index in [1.165, 1.54) is 19.0 Å². The lowest BCUT2D eigenvalue weighted by Crippen LogP contribution is -1.99. The van der Waals surface area contributed by atoms with Gasteiger partial charge in [-0.25, -0.2) is 0 Å². The Kier molecular flexibility index (Phi) is 3.06. The fourth-order valence-corrected chi connectivity index (χ4v) is 1.75. The van der Waals surface area contributed by atoms with Gasteiger partial charge in [-0.15, -0.1) is 5.10 Å². The van der Waals surface area contributed by atoms with E-state index in [0.717, 1.165) is 6.61 Å². The molecule has 0 unspecified atom stereocenters. The van der Waals surface area contributed by atoms with Gasteiger partial charge in [0.15, 0.2) is 0 Å². The largest absolute Gasteiger partial charge is 0.493 e. The lowest BCUT2D eigenvalue weighted by Gasteiger charge is -2.08. The number of hydrogen-bond donors (Lipinski definition) is 1. The van der Waals surface area contributed by atoms with E-state index in [4.69, 9.17) is 21.1 Å². The van der Waals surface area contributed by atoms with Gasteiger partial charge in [-0.2, -0.15) is 10.3 Å². The fourth-order valence-electron chi connectivity index (χ4n) is 1.54. The summed E-state index contributed by atoms with van der Waals surface area (Å²) in [7, 11) is 0. The molecule has 1 saturated carbocycles. The molecule has 94 valence electrons. The topological polar surface area (TPSA) is 60.0 Å². The number of nitrogens with zero attached hydrogens (tertiary/aromatic N) is 2. The molecule has 3 rings (SSSR count). The number of ether oxygens (including phenoxy) is 2. The molecule has 0 aliphatic heterocycles. The van der Waals surface area contributed by atoms with Crippen LogP contribution in [0, 0.1) is 5.92 Å². The first kappa shape index (κ1) is 11.3. The number of rotatable bonds is 5. The summed E-state index contributed by atoms with van der Waals surface area (Å²) in [6.45, 7) is 0.740. The Morgan fingerprint density at radius 2 is 2.11 bits per heavy atom. The molecule has 1 aliphatic rings. The molecule has 0 bridgehead atoms. The maximum atomic E-state index is 6.02. The first-order valence-electron chi connectivity index (χ1n) is 5.76. The summed E-state index contributed by atoms with van der Waals surface area (Å²) < 4.78 is 11.2. The van der Waals surface area contributed by atoms with Gasteiger partial charge < -0.3 is 9.47 Å². The standard InChI is InChI=1S/C12H12ClN3O2/c13-9-3-10(17-7-8-1-2-8)5-11(4-9)18-12-6-14-16-15-12/h3-6,8H,1-2,7H2,(H,14,15,16).